The zero-order valence-corrected chi connectivity index (χ0v) is 12.3. The maximum atomic E-state index is 12.8. The number of benzene rings is 2. The summed E-state index contributed by atoms with van der Waals surface area (Å²) in [5.41, 5.74) is 1.87. The number of halogens is 1. The van der Waals surface area contributed by atoms with Gasteiger partial charge in [0, 0.05) is 6.54 Å². The maximum absolute atomic E-state index is 12.8. The molecular weight excluding hydrogens is 285 g/mol. The summed E-state index contributed by atoms with van der Waals surface area (Å²) < 4.78 is 18.4. The second kappa shape index (κ2) is 7.56. The highest BCUT2D eigenvalue weighted by Crippen LogP contribution is 2.14. The SMILES string of the molecule is CC(NCc1ccc(OCc2ccc(F)cc2)cc1)C(=O)O. The number of carboxylic acids is 1. The van der Waals surface area contributed by atoms with E-state index in [0.717, 1.165) is 11.1 Å². The van der Waals surface area contributed by atoms with E-state index in [0.29, 0.717) is 18.9 Å². The van der Waals surface area contributed by atoms with E-state index in [1.165, 1.54) is 12.1 Å². The van der Waals surface area contributed by atoms with Crippen molar-refractivity contribution in [2.24, 2.45) is 0 Å². The summed E-state index contributed by atoms with van der Waals surface area (Å²) in [6, 6.07) is 13.0. The Morgan fingerprint density at radius 2 is 1.73 bits per heavy atom. The van der Waals surface area contributed by atoms with Crippen molar-refractivity contribution >= 4 is 5.97 Å². The van der Waals surface area contributed by atoms with Crippen molar-refractivity contribution in [3.63, 3.8) is 0 Å². The van der Waals surface area contributed by atoms with Gasteiger partial charge in [-0.1, -0.05) is 24.3 Å². The number of aliphatic carboxylic acids is 1. The Bertz CT molecular complexity index is 611. The van der Waals surface area contributed by atoms with Crippen LogP contribution in [-0.4, -0.2) is 17.1 Å². The summed E-state index contributed by atoms with van der Waals surface area (Å²) in [6.07, 6.45) is 0. The minimum atomic E-state index is -0.876. The molecule has 0 heterocycles. The molecule has 0 spiro atoms. The van der Waals surface area contributed by atoms with Crippen LogP contribution in [0.1, 0.15) is 18.1 Å². The van der Waals surface area contributed by atoms with Gasteiger partial charge in [-0.15, -0.1) is 0 Å². The molecule has 0 aliphatic rings. The highest BCUT2D eigenvalue weighted by Gasteiger charge is 2.09. The minimum Gasteiger partial charge on any atom is -0.489 e. The van der Waals surface area contributed by atoms with E-state index in [1.54, 1.807) is 19.1 Å². The lowest BCUT2D eigenvalue weighted by Gasteiger charge is -2.10. The largest absolute Gasteiger partial charge is 0.489 e. The van der Waals surface area contributed by atoms with Crippen LogP contribution in [-0.2, 0) is 17.9 Å². The number of hydrogen-bond donors (Lipinski definition) is 2. The molecule has 0 amide bonds. The van der Waals surface area contributed by atoms with Crippen LogP contribution in [0.15, 0.2) is 48.5 Å². The molecule has 0 radical (unpaired) electrons. The average molecular weight is 303 g/mol. The molecule has 0 bridgehead atoms. The smallest absolute Gasteiger partial charge is 0.320 e. The second-order valence-electron chi connectivity index (χ2n) is 5.00. The molecule has 0 saturated heterocycles. The normalized spacial score (nSPS) is 11.9. The first-order valence-corrected chi connectivity index (χ1v) is 6.97. The lowest BCUT2D eigenvalue weighted by molar-refractivity contribution is -0.139. The van der Waals surface area contributed by atoms with Gasteiger partial charge in [0.1, 0.15) is 24.2 Å². The first-order valence-electron chi connectivity index (χ1n) is 6.97. The van der Waals surface area contributed by atoms with Crippen LogP contribution < -0.4 is 10.1 Å². The van der Waals surface area contributed by atoms with Gasteiger partial charge in [-0.3, -0.25) is 4.79 Å². The third-order valence-electron chi connectivity index (χ3n) is 3.22. The van der Waals surface area contributed by atoms with Gasteiger partial charge < -0.3 is 15.2 Å². The Labute approximate surface area is 128 Å². The van der Waals surface area contributed by atoms with Gasteiger partial charge in [-0.25, -0.2) is 4.39 Å². The van der Waals surface area contributed by atoms with Crippen LogP contribution >= 0.6 is 0 Å². The van der Waals surface area contributed by atoms with Crippen LogP contribution in [0.25, 0.3) is 0 Å². The Hall–Kier alpha value is -2.40. The fourth-order valence-electron chi connectivity index (χ4n) is 1.81. The summed E-state index contributed by atoms with van der Waals surface area (Å²) in [5.74, 6) is -0.435. The van der Waals surface area contributed by atoms with E-state index in [9.17, 15) is 9.18 Å². The van der Waals surface area contributed by atoms with Gasteiger partial charge in [-0.05, 0) is 42.3 Å². The zero-order valence-electron chi connectivity index (χ0n) is 12.3. The third kappa shape index (κ3) is 4.86. The van der Waals surface area contributed by atoms with Crippen LogP contribution in [0, 0.1) is 5.82 Å². The van der Waals surface area contributed by atoms with Crippen molar-refractivity contribution in [2.45, 2.75) is 26.1 Å². The Balaban J connectivity index is 1.83. The Morgan fingerprint density at radius 1 is 1.14 bits per heavy atom. The zero-order chi connectivity index (χ0) is 15.9. The quantitative estimate of drug-likeness (QED) is 0.825. The predicted molar refractivity (Wildman–Crippen MR) is 81.1 cm³/mol. The molecule has 2 aromatic rings. The molecule has 2 N–H and O–H groups in total. The fourth-order valence-corrected chi connectivity index (χ4v) is 1.81. The molecule has 22 heavy (non-hydrogen) atoms. The number of carbonyl (C=O) groups is 1. The topological polar surface area (TPSA) is 58.6 Å². The van der Waals surface area contributed by atoms with Crippen molar-refractivity contribution in [2.75, 3.05) is 0 Å². The number of carboxylic acid groups (broad SMARTS) is 1. The van der Waals surface area contributed by atoms with Gasteiger partial charge in [0.25, 0.3) is 0 Å². The highest BCUT2D eigenvalue weighted by atomic mass is 19.1. The van der Waals surface area contributed by atoms with Crippen LogP contribution in [0.2, 0.25) is 0 Å². The Kier molecular flexibility index (Phi) is 5.49. The molecule has 0 aliphatic carbocycles. The summed E-state index contributed by atoms with van der Waals surface area (Å²) in [4.78, 5) is 10.7. The lowest BCUT2D eigenvalue weighted by atomic mass is 10.2. The summed E-state index contributed by atoms with van der Waals surface area (Å²) in [7, 11) is 0. The molecule has 0 aliphatic heterocycles. The number of nitrogens with one attached hydrogen (secondary N) is 1. The summed E-state index contributed by atoms with van der Waals surface area (Å²) in [6.45, 7) is 2.45. The van der Waals surface area contributed by atoms with Gasteiger partial charge in [-0.2, -0.15) is 0 Å². The third-order valence-corrected chi connectivity index (χ3v) is 3.22. The first-order chi connectivity index (χ1) is 10.5. The molecule has 0 fully saturated rings. The molecule has 4 nitrogen and oxygen atoms in total. The Morgan fingerprint density at radius 3 is 2.32 bits per heavy atom. The van der Waals surface area contributed by atoms with Crippen molar-refractivity contribution in [1.82, 2.24) is 5.32 Å². The standard InChI is InChI=1S/C17H18FNO3/c1-12(17(20)21)19-10-13-4-8-16(9-5-13)22-11-14-2-6-15(18)7-3-14/h2-9,12,19H,10-11H2,1H3,(H,20,21). The van der Waals surface area contributed by atoms with Crippen LogP contribution in [0.4, 0.5) is 4.39 Å². The van der Waals surface area contributed by atoms with Gasteiger partial charge >= 0.3 is 5.97 Å². The monoisotopic (exact) mass is 303 g/mol. The van der Waals surface area contributed by atoms with Crippen molar-refractivity contribution < 1.29 is 19.0 Å². The second-order valence-corrected chi connectivity index (χ2v) is 5.00. The summed E-state index contributed by atoms with van der Waals surface area (Å²) in [5, 5.41) is 11.7. The van der Waals surface area contributed by atoms with Crippen molar-refractivity contribution in [3.8, 4) is 5.75 Å². The van der Waals surface area contributed by atoms with Crippen LogP contribution in [0.5, 0.6) is 5.75 Å². The van der Waals surface area contributed by atoms with E-state index < -0.39 is 12.0 Å². The predicted octanol–water partition coefficient (Wildman–Crippen LogP) is 2.97. The molecule has 2 aromatic carbocycles. The van der Waals surface area contributed by atoms with E-state index in [1.807, 2.05) is 24.3 Å². The first kappa shape index (κ1) is 16.0. The number of rotatable bonds is 7. The van der Waals surface area contributed by atoms with Gasteiger partial charge in [0.2, 0.25) is 0 Å². The van der Waals surface area contributed by atoms with E-state index in [-0.39, 0.29) is 5.82 Å². The maximum Gasteiger partial charge on any atom is 0.320 e. The highest BCUT2D eigenvalue weighted by molar-refractivity contribution is 5.72. The minimum absolute atomic E-state index is 0.267. The van der Waals surface area contributed by atoms with Crippen LogP contribution in [0.3, 0.4) is 0 Å². The van der Waals surface area contributed by atoms with Crippen molar-refractivity contribution in [3.05, 3.63) is 65.5 Å². The molecule has 116 valence electrons. The number of ether oxygens (including phenoxy) is 1. The molecule has 0 aromatic heterocycles. The molecular formula is C17H18FNO3. The van der Waals surface area contributed by atoms with Gasteiger partial charge in [0.15, 0.2) is 0 Å². The molecule has 1 atom stereocenters. The summed E-state index contributed by atoms with van der Waals surface area (Å²) >= 11 is 0. The van der Waals surface area contributed by atoms with E-state index in [2.05, 4.69) is 5.32 Å². The molecule has 5 heteroatoms. The van der Waals surface area contributed by atoms with E-state index >= 15 is 0 Å². The van der Waals surface area contributed by atoms with E-state index in [4.69, 9.17) is 9.84 Å². The molecule has 0 saturated carbocycles. The average Bonchev–Trinajstić information content (AvgIpc) is 2.53. The van der Waals surface area contributed by atoms with Crippen molar-refractivity contribution in [1.29, 1.82) is 0 Å². The fraction of sp³-hybridized carbons (Fsp3) is 0.235. The molecule has 2 rings (SSSR count). The van der Waals surface area contributed by atoms with Gasteiger partial charge in [0.05, 0.1) is 0 Å². The molecule has 1 unspecified atom stereocenters. The lowest BCUT2D eigenvalue weighted by Crippen LogP contribution is -2.33. The number of hydrogen-bond acceptors (Lipinski definition) is 3.